The average Bonchev–Trinajstić information content (AvgIpc) is 2.19. The number of ether oxygens (including phenoxy) is 2. The van der Waals surface area contributed by atoms with Crippen LogP contribution in [0.1, 0.15) is 18.5 Å². The molecule has 0 heterocycles. The summed E-state index contributed by atoms with van der Waals surface area (Å²) in [4.78, 5) is 0. The van der Waals surface area contributed by atoms with E-state index in [4.69, 9.17) is 26.8 Å². The van der Waals surface area contributed by atoms with E-state index in [1.165, 1.54) is 20.3 Å². The fourth-order valence-corrected chi connectivity index (χ4v) is 1.65. The van der Waals surface area contributed by atoms with Gasteiger partial charge in [-0.05, 0) is 6.92 Å². The SMILES string of the molecule is COc1cc(Cl)c(OC)c(C(C)N)c1F. The summed E-state index contributed by atoms with van der Waals surface area (Å²) in [5.41, 5.74) is 5.87. The molecule has 1 aromatic carbocycles. The Labute approximate surface area is 92.9 Å². The van der Waals surface area contributed by atoms with Crippen molar-refractivity contribution in [1.82, 2.24) is 0 Å². The molecule has 0 amide bonds. The summed E-state index contributed by atoms with van der Waals surface area (Å²) in [7, 11) is 2.78. The van der Waals surface area contributed by atoms with Crippen molar-refractivity contribution in [2.45, 2.75) is 13.0 Å². The molecule has 3 nitrogen and oxygen atoms in total. The van der Waals surface area contributed by atoms with Crippen molar-refractivity contribution in [2.24, 2.45) is 5.73 Å². The lowest BCUT2D eigenvalue weighted by molar-refractivity contribution is 0.368. The molecule has 1 rings (SSSR count). The molecule has 0 fully saturated rings. The van der Waals surface area contributed by atoms with Gasteiger partial charge in [-0.1, -0.05) is 11.6 Å². The van der Waals surface area contributed by atoms with Gasteiger partial charge >= 0.3 is 0 Å². The molecule has 1 unspecified atom stereocenters. The largest absolute Gasteiger partial charge is 0.495 e. The number of nitrogens with two attached hydrogens (primary N) is 1. The lowest BCUT2D eigenvalue weighted by atomic mass is 10.1. The Morgan fingerprint density at radius 3 is 2.40 bits per heavy atom. The summed E-state index contributed by atoms with van der Waals surface area (Å²) in [5.74, 6) is -0.216. The molecule has 5 heteroatoms. The molecule has 0 aromatic heterocycles. The van der Waals surface area contributed by atoms with Crippen molar-refractivity contribution in [2.75, 3.05) is 14.2 Å². The van der Waals surface area contributed by atoms with Gasteiger partial charge in [-0.25, -0.2) is 4.39 Å². The molecule has 0 spiro atoms. The number of rotatable bonds is 3. The predicted molar refractivity (Wildman–Crippen MR) is 57.1 cm³/mol. The van der Waals surface area contributed by atoms with E-state index in [-0.39, 0.29) is 22.1 Å². The van der Waals surface area contributed by atoms with Crippen molar-refractivity contribution >= 4 is 11.6 Å². The highest BCUT2D eigenvalue weighted by atomic mass is 35.5. The van der Waals surface area contributed by atoms with E-state index in [2.05, 4.69) is 0 Å². The minimum absolute atomic E-state index is 0.0631. The smallest absolute Gasteiger partial charge is 0.173 e. The van der Waals surface area contributed by atoms with E-state index < -0.39 is 11.9 Å². The third kappa shape index (κ3) is 2.16. The van der Waals surface area contributed by atoms with Crippen molar-refractivity contribution in [3.8, 4) is 11.5 Å². The van der Waals surface area contributed by atoms with Gasteiger partial charge in [-0.2, -0.15) is 0 Å². The number of methoxy groups -OCH3 is 2. The van der Waals surface area contributed by atoms with Crippen LogP contribution < -0.4 is 15.2 Å². The van der Waals surface area contributed by atoms with Gasteiger partial charge in [0.1, 0.15) is 5.75 Å². The number of hydrogen-bond acceptors (Lipinski definition) is 3. The summed E-state index contributed by atoms with van der Waals surface area (Å²) in [6.45, 7) is 1.65. The van der Waals surface area contributed by atoms with Crippen LogP contribution in [-0.2, 0) is 0 Å². The average molecular weight is 234 g/mol. The maximum absolute atomic E-state index is 13.8. The Morgan fingerprint density at radius 2 is 2.00 bits per heavy atom. The highest BCUT2D eigenvalue weighted by Crippen LogP contribution is 2.38. The molecule has 2 N–H and O–H groups in total. The van der Waals surface area contributed by atoms with Crippen LogP contribution in [0, 0.1) is 5.82 Å². The van der Waals surface area contributed by atoms with Crippen molar-refractivity contribution in [1.29, 1.82) is 0 Å². The molecule has 0 bridgehead atoms. The quantitative estimate of drug-likeness (QED) is 0.873. The standard InChI is InChI=1S/C10H13ClFNO2/c1-5(13)8-9(12)7(14-2)4-6(11)10(8)15-3/h4-5H,13H2,1-3H3. The highest BCUT2D eigenvalue weighted by molar-refractivity contribution is 6.32. The third-order valence-electron chi connectivity index (χ3n) is 2.05. The Kier molecular flexibility index (Phi) is 3.77. The van der Waals surface area contributed by atoms with E-state index in [0.717, 1.165) is 0 Å². The van der Waals surface area contributed by atoms with Gasteiger partial charge in [-0.3, -0.25) is 0 Å². The predicted octanol–water partition coefficient (Wildman–Crippen LogP) is 2.52. The lowest BCUT2D eigenvalue weighted by Gasteiger charge is -2.16. The minimum Gasteiger partial charge on any atom is -0.495 e. The summed E-state index contributed by atoms with van der Waals surface area (Å²) in [6, 6.07) is 0.842. The second kappa shape index (κ2) is 4.68. The molecule has 0 aliphatic rings. The van der Waals surface area contributed by atoms with Gasteiger partial charge in [-0.15, -0.1) is 0 Å². The molecular weight excluding hydrogens is 221 g/mol. The van der Waals surface area contributed by atoms with Crippen LogP contribution >= 0.6 is 11.6 Å². The van der Waals surface area contributed by atoms with Crippen molar-refractivity contribution in [3.63, 3.8) is 0 Å². The van der Waals surface area contributed by atoms with Crippen LogP contribution in [0.25, 0.3) is 0 Å². The molecule has 0 aliphatic heterocycles. The first-order valence-electron chi connectivity index (χ1n) is 4.38. The van der Waals surface area contributed by atoms with E-state index in [1.54, 1.807) is 6.92 Å². The number of halogens is 2. The van der Waals surface area contributed by atoms with Gasteiger partial charge in [0.15, 0.2) is 11.6 Å². The van der Waals surface area contributed by atoms with E-state index in [1.807, 2.05) is 0 Å². The molecule has 0 saturated carbocycles. The van der Waals surface area contributed by atoms with Crippen LogP contribution in [0.3, 0.4) is 0 Å². The second-order valence-corrected chi connectivity index (χ2v) is 3.52. The molecule has 15 heavy (non-hydrogen) atoms. The summed E-state index contributed by atoms with van der Waals surface area (Å²) < 4.78 is 23.7. The van der Waals surface area contributed by atoms with Crippen LogP contribution in [0.5, 0.6) is 11.5 Å². The fourth-order valence-electron chi connectivity index (χ4n) is 1.37. The highest BCUT2D eigenvalue weighted by Gasteiger charge is 2.21. The molecular formula is C10H13ClFNO2. The second-order valence-electron chi connectivity index (χ2n) is 3.11. The topological polar surface area (TPSA) is 44.5 Å². The zero-order valence-corrected chi connectivity index (χ0v) is 9.56. The van der Waals surface area contributed by atoms with Gasteiger partial charge < -0.3 is 15.2 Å². The zero-order chi connectivity index (χ0) is 11.6. The van der Waals surface area contributed by atoms with E-state index in [0.29, 0.717) is 0 Å². The fraction of sp³-hybridized carbons (Fsp3) is 0.400. The van der Waals surface area contributed by atoms with Crippen LogP contribution in [-0.4, -0.2) is 14.2 Å². The zero-order valence-electron chi connectivity index (χ0n) is 8.80. The molecule has 1 atom stereocenters. The number of benzene rings is 1. The number of hydrogen-bond donors (Lipinski definition) is 1. The Morgan fingerprint density at radius 1 is 1.40 bits per heavy atom. The molecule has 0 radical (unpaired) electrons. The Hall–Kier alpha value is -1.00. The summed E-state index contributed by atoms with van der Waals surface area (Å²) in [6.07, 6.45) is 0. The molecule has 1 aromatic rings. The van der Waals surface area contributed by atoms with E-state index >= 15 is 0 Å². The first kappa shape index (κ1) is 12.1. The molecule has 0 saturated heterocycles. The van der Waals surface area contributed by atoms with Gasteiger partial charge in [0.25, 0.3) is 0 Å². The molecule has 0 aliphatic carbocycles. The minimum atomic E-state index is -0.534. The first-order valence-corrected chi connectivity index (χ1v) is 4.76. The first-order chi connectivity index (χ1) is 7.02. The summed E-state index contributed by atoms with van der Waals surface area (Å²) >= 11 is 5.90. The van der Waals surface area contributed by atoms with Crippen LogP contribution in [0.4, 0.5) is 4.39 Å². The maximum atomic E-state index is 13.8. The maximum Gasteiger partial charge on any atom is 0.173 e. The van der Waals surface area contributed by atoms with E-state index in [9.17, 15) is 4.39 Å². The Balaban J connectivity index is 3.48. The van der Waals surface area contributed by atoms with Crippen LogP contribution in [0.15, 0.2) is 6.07 Å². The molecule has 84 valence electrons. The monoisotopic (exact) mass is 233 g/mol. The Bertz CT molecular complexity index is 369. The van der Waals surface area contributed by atoms with Gasteiger partial charge in [0.2, 0.25) is 0 Å². The van der Waals surface area contributed by atoms with Gasteiger partial charge in [0, 0.05) is 12.1 Å². The lowest BCUT2D eigenvalue weighted by Crippen LogP contribution is -2.11. The third-order valence-corrected chi connectivity index (χ3v) is 2.33. The van der Waals surface area contributed by atoms with Crippen molar-refractivity contribution in [3.05, 3.63) is 22.5 Å². The normalized spacial score (nSPS) is 12.4. The van der Waals surface area contributed by atoms with Crippen LogP contribution in [0.2, 0.25) is 5.02 Å². The van der Waals surface area contributed by atoms with Crippen molar-refractivity contribution < 1.29 is 13.9 Å². The van der Waals surface area contributed by atoms with Gasteiger partial charge in [0.05, 0.1) is 24.8 Å². The summed E-state index contributed by atoms with van der Waals surface area (Å²) in [5, 5.41) is 0.281.